The molecule has 0 aliphatic rings. The van der Waals surface area contributed by atoms with Gasteiger partial charge < -0.3 is 48.0 Å². The molecule has 0 aromatic carbocycles. The van der Waals surface area contributed by atoms with Crippen molar-refractivity contribution in [3.8, 4) is 0 Å². The number of hydrogen-bond acceptors (Lipinski definition) is 0. The summed E-state index contributed by atoms with van der Waals surface area (Å²) >= 11 is 0. The maximum Gasteiger partial charge on any atom is 0.168 e. The molecule has 0 amide bonds. The molecule has 4 heteroatoms. The fraction of sp³-hybridized carbons (Fsp3) is 0.706. The molecule has 0 aliphatic heterocycles. The lowest BCUT2D eigenvalue weighted by atomic mass is 10.1. The summed E-state index contributed by atoms with van der Waals surface area (Å²) in [5.41, 5.74) is 0. The average molecular weight is 751 g/mol. The van der Waals surface area contributed by atoms with Gasteiger partial charge in [0.25, 0.3) is 0 Å². The van der Waals surface area contributed by atoms with Crippen molar-refractivity contribution in [2.45, 2.75) is 155 Å². The van der Waals surface area contributed by atoms with Crippen molar-refractivity contribution < 1.29 is 57.1 Å². The summed E-state index contributed by atoms with van der Waals surface area (Å²) in [6, 6.07) is 12.6. The number of pyridine rings is 2. The Kier molecular flexibility index (Phi) is 34.6. The second-order valence-electron chi connectivity index (χ2n) is 10.6. The first kappa shape index (κ1) is 39.9. The molecule has 0 bridgehead atoms. The van der Waals surface area contributed by atoms with Crippen LogP contribution in [0.2, 0.25) is 0 Å². The van der Waals surface area contributed by atoms with Crippen molar-refractivity contribution in [3.05, 3.63) is 61.2 Å². The van der Waals surface area contributed by atoms with Crippen molar-refractivity contribution in [3.63, 3.8) is 0 Å². The zero-order valence-corrected chi connectivity index (χ0v) is 29.3. The van der Waals surface area contributed by atoms with E-state index < -0.39 is 0 Å². The second-order valence-corrected chi connectivity index (χ2v) is 10.6. The number of rotatable bonds is 22. The van der Waals surface area contributed by atoms with Gasteiger partial charge in [0, 0.05) is 37.1 Å². The molecule has 0 saturated heterocycles. The Morgan fingerprint density at radius 2 is 0.553 bits per heavy atom. The summed E-state index contributed by atoms with van der Waals surface area (Å²) in [5.74, 6) is 0. The number of unbranched alkanes of at least 4 members (excludes halogenated alkanes) is 18. The van der Waals surface area contributed by atoms with Crippen LogP contribution in [0.3, 0.4) is 0 Å². The number of halogens is 2. The van der Waals surface area contributed by atoms with Crippen LogP contribution in [-0.2, 0) is 13.1 Å². The molecule has 2 heterocycles. The van der Waals surface area contributed by atoms with E-state index in [4.69, 9.17) is 0 Å². The monoisotopic (exact) mass is 750 g/mol. The van der Waals surface area contributed by atoms with Gasteiger partial charge >= 0.3 is 0 Å². The zero-order chi connectivity index (χ0) is 25.8. The minimum absolute atomic E-state index is 0. The zero-order valence-electron chi connectivity index (χ0n) is 25.0. The summed E-state index contributed by atoms with van der Waals surface area (Å²) < 4.78 is 4.56. The fourth-order valence-electron chi connectivity index (χ4n) is 4.73. The van der Waals surface area contributed by atoms with E-state index in [1.54, 1.807) is 0 Å². The highest BCUT2D eigenvalue weighted by molar-refractivity contribution is 4.84. The molecule has 0 radical (unpaired) electrons. The van der Waals surface area contributed by atoms with Crippen molar-refractivity contribution >= 4 is 0 Å². The third-order valence-electron chi connectivity index (χ3n) is 7.09. The van der Waals surface area contributed by atoms with E-state index in [0.717, 1.165) is 0 Å². The molecule has 2 nitrogen and oxygen atoms in total. The lowest BCUT2D eigenvalue weighted by molar-refractivity contribution is -0.697. The van der Waals surface area contributed by atoms with Crippen molar-refractivity contribution in [2.75, 3.05) is 0 Å². The van der Waals surface area contributed by atoms with Gasteiger partial charge in [-0.2, -0.15) is 0 Å². The van der Waals surface area contributed by atoms with Gasteiger partial charge in [0.05, 0.1) is 0 Å². The first-order chi connectivity index (χ1) is 17.9. The summed E-state index contributed by atoms with van der Waals surface area (Å²) in [5, 5.41) is 0. The molecule has 2 aromatic heterocycles. The first-order valence-electron chi connectivity index (χ1n) is 15.7. The van der Waals surface area contributed by atoms with Crippen LogP contribution in [0.4, 0.5) is 0 Å². The molecule has 0 atom stereocenters. The normalized spacial score (nSPS) is 10.2. The van der Waals surface area contributed by atoms with Crippen LogP contribution in [0, 0.1) is 0 Å². The van der Waals surface area contributed by atoms with Gasteiger partial charge in [0.2, 0.25) is 0 Å². The van der Waals surface area contributed by atoms with E-state index in [-0.39, 0.29) is 48.0 Å². The van der Waals surface area contributed by atoms with Crippen molar-refractivity contribution in [2.24, 2.45) is 0 Å². The van der Waals surface area contributed by atoms with Crippen molar-refractivity contribution in [1.29, 1.82) is 0 Å². The van der Waals surface area contributed by atoms with Gasteiger partial charge in [-0.3, -0.25) is 0 Å². The highest BCUT2D eigenvalue weighted by Crippen LogP contribution is 2.11. The summed E-state index contributed by atoms with van der Waals surface area (Å²) in [6.45, 7) is 6.92. The van der Waals surface area contributed by atoms with Crippen LogP contribution < -0.4 is 57.1 Å². The molecule has 0 spiro atoms. The first-order valence-corrected chi connectivity index (χ1v) is 15.7. The van der Waals surface area contributed by atoms with E-state index in [0.29, 0.717) is 0 Å². The predicted octanol–water partition coefficient (Wildman–Crippen LogP) is 3.80. The molecular weight excluding hydrogens is 690 g/mol. The third-order valence-corrected chi connectivity index (χ3v) is 7.09. The van der Waals surface area contributed by atoms with Crippen LogP contribution in [0.15, 0.2) is 61.2 Å². The predicted molar refractivity (Wildman–Crippen MR) is 157 cm³/mol. The largest absolute Gasteiger partial charge is 1.00 e. The van der Waals surface area contributed by atoms with Gasteiger partial charge in [-0.05, 0) is 12.8 Å². The highest BCUT2D eigenvalue weighted by atomic mass is 127. The molecule has 2 aromatic rings. The molecular formula is C34H60I2N2. The Morgan fingerprint density at radius 3 is 0.816 bits per heavy atom. The smallest absolute Gasteiger partial charge is 0.168 e. The van der Waals surface area contributed by atoms with Gasteiger partial charge in [0.1, 0.15) is 13.1 Å². The van der Waals surface area contributed by atoms with E-state index in [1.807, 2.05) is 0 Å². The van der Waals surface area contributed by atoms with Gasteiger partial charge in [0.15, 0.2) is 24.8 Å². The topological polar surface area (TPSA) is 7.76 Å². The maximum absolute atomic E-state index is 2.28. The Morgan fingerprint density at radius 1 is 0.316 bits per heavy atom. The van der Waals surface area contributed by atoms with E-state index >= 15 is 0 Å². The van der Waals surface area contributed by atoms with Gasteiger partial charge in [-0.15, -0.1) is 0 Å². The van der Waals surface area contributed by atoms with Crippen molar-refractivity contribution in [1.82, 2.24) is 0 Å². The average Bonchev–Trinajstić information content (AvgIpc) is 2.92. The summed E-state index contributed by atoms with van der Waals surface area (Å²) in [6.07, 6.45) is 36.9. The maximum atomic E-state index is 2.28. The van der Waals surface area contributed by atoms with Gasteiger partial charge in [-0.1, -0.05) is 129 Å². The Labute approximate surface area is 271 Å². The Hall–Kier alpha value is -0.240. The second kappa shape index (κ2) is 33.0. The quantitative estimate of drug-likeness (QED) is 0.0985. The lowest BCUT2D eigenvalue weighted by Gasteiger charge is -2.01. The molecule has 0 saturated carbocycles. The number of hydrogen-bond donors (Lipinski definition) is 0. The van der Waals surface area contributed by atoms with Crippen LogP contribution >= 0.6 is 0 Å². The standard InChI is InChI=1S/2C17H30N.2HI/c2*1-2-3-4-5-6-7-8-9-10-12-15-18-16-13-11-14-17-18;;/h2*11,13-14,16-17H,2-10,12,15H2,1H3;2*1H/q2*+1;;/p-2. The minimum atomic E-state index is 0. The fourth-order valence-corrected chi connectivity index (χ4v) is 4.73. The van der Waals surface area contributed by atoms with Crippen LogP contribution in [0.1, 0.15) is 142 Å². The molecule has 2 rings (SSSR count). The number of nitrogens with zero attached hydrogens (tertiary/aromatic N) is 2. The molecule has 0 N–H and O–H groups in total. The number of aromatic nitrogens is 2. The Bertz CT molecular complexity index is 607. The summed E-state index contributed by atoms with van der Waals surface area (Å²) in [7, 11) is 0. The van der Waals surface area contributed by atoms with E-state index in [1.165, 1.54) is 142 Å². The number of aryl methyl sites for hydroxylation is 2. The SMILES string of the molecule is CCCCCCCCCCCC[n+]1ccccc1.CCCCCCCCCCCC[n+]1ccccc1.[I-].[I-]. The summed E-state index contributed by atoms with van der Waals surface area (Å²) in [4.78, 5) is 0. The molecule has 0 unspecified atom stereocenters. The van der Waals surface area contributed by atoms with E-state index in [9.17, 15) is 0 Å². The highest BCUT2D eigenvalue weighted by Gasteiger charge is 1.99. The molecule has 220 valence electrons. The minimum Gasteiger partial charge on any atom is -1.00 e. The van der Waals surface area contributed by atoms with Crippen LogP contribution in [0.25, 0.3) is 0 Å². The van der Waals surface area contributed by atoms with E-state index in [2.05, 4.69) is 84.2 Å². The molecule has 0 fully saturated rings. The Balaban J connectivity index is 0. The third kappa shape index (κ3) is 27.3. The van der Waals surface area contributed by atoms with Gasteiger partial charge in [-0.25, -0.2) is 9.13 Å². The van der Waals surface area contributed by atoms with Crippen LogP contribution in [0.5, 0.6) is 0 Å². The molecule has 38 heavy (non-hydrogen) atoms. The van der Waals surface area contributed by atoms with Crippen LogP contribution in [-0.4, -0.2) is 0 Å². The lowest BCUT2D eigenvalue weighted by Crippen LogP contribution is -3.00. The molecule has 0 aliphatic carbocycles.